The largest absolute Gasteiger partial charge is 0.383 e. The lowest BCUT2D eigenvalue weighted by Crippen LogP contribution is -2.40. The molecule has 0 atom stereocenters. The Morgan fingerprint density at radius 3 is 2.70 bits per heavy atom. The standard InChI is InChI=1S/C13H23N3O3S/c1-5-8-14-11-7-6-9-15-12(11)20(17,18)16-10-13(2,3)19-4/h6-7,9,14,16H,5,8,10H2,1-4H3. The minimum absolute atomic E-state index is 0.0142. The Bertz CT molecular complexity index is 529. The molecule has 1 rings (SSSR count). The lowest BCUT2D eigenvalue weighted by atomic mass is 10.1. The molecule has 0 amide bonds. The van der Waals surface area contributed by atoms with Crippen molar-refractivity contribution in [3.8, 4) is 0 Å². The van der Waals surface area contributed by atoms with E-state index >= 15 is 0 Å². The highest BCUT2D eigenvalue weighted by molar-refractivity contribution is 7.89. The highest BCUT2D eigenvalue weighted by atomic mass is 32.2. The third kappa shape index (κ3) is 4.73. The summed E-state index contributed by atoms with van der Waals surface area (Å²) in [5, 5.41) is 3.08. The van der Waals surface area contributed by atoms with E-state index < -0.39 is 15.6 Å². The van der Waals surface area contributed by atoms with Gasteiger partial charge in [0.05, 0.1) is 11.3 Å². The zero-order valence-electron chi connectivity index (χ0n) is 12.4. The molecule has 0 aliphatic rings. The first kappa shape index (κ1) is 16.9. The second-order valence-corrected chi connectivity index (χ2v) is 6.75. The summed E-state index contributed by atoms with van der Waals surface area (Å²) in [5.74, 6) is 0. The van der Waals surface area contributed by atoms with Crippen LogP contribution >= 0.6 is 0 Å². The van der Waals surface area contributed by atoms with Crippen LogP contribution in [0.25, 0.3) is 0 Å². The van der Waals surface area contributed by atoms with Gasteiger partial charge in [-0.2, -0.15) is 0 Å². The van der Waals surface area contributed by atoms with Crippen LogP contribution in [0, 0.1) is 0 Å². The second-order valence-electron chi connectivity index (χ2n) is 5.07. The molecule has 0 aromatic carbocycles. The third-order valence-electron chi connectivity index (χ3n) is 2.83. The molecule has 0 saturated carbocycles. The van der Waals surface area contributed by atoms with E-state index in [1.807, 2.05) is 20.8 Å². The predicted octanol–water partition coefficient (Wildman–Crippen LogP) is 1.61. The number of nitrogens with one attached hydrogen (secondary N) is 2. The fourth-order valence-corrected chi connectivity index (χ4v) is 2.71. The zero-order chi connectivity index (χ0) is 15.2. The van der Waals surface area contributed by atoms with E-state index in [-0.39, 0.29) is 11.6 Å². The number of aromatic nitrogens is 1. The summed E-state index contributed by atoms with van der Waals surface area (Å²) < 4.78 is 32.3. The predicted molar refractivity (Wildman–Crippen MR) is 79.3 cm³/mol. The first-order valence-corrected chi connectivity index (χ1v) is 8.04. The zero-order valence-corrected chi connectivity index (χ0v) is 13.3. The van der Waals surface area contributed by atoms with Gasteiger partial charge in [-0.3, -0.25) is 0 Å². The summed E-state index contributed by atoms with van der Waals surface area (Å²) in [6.45, 7) is 6.50. The number of nitrogens with zero attached hydrogens (tertiary/aromatic N) is 1. The third-order valence-corrected chi connectivity index (χ3v) is 4.19. The number of ether oxygens (including phenoxy) is 1. The number of pyridine rings is 1. The Hall–Kier alpha value is -1.18. The van der Waals surface area contributed by atoms with Crippen molar-refractivity contribution < 1.29 is 13.2 Å². The van der Waals surface area contributed by atoms with Gasteiger partial charge in [0.2, 0.25) is 0 Å². The van der Waals surface area contributed by atoms with Gasteiger partial charge in [-0.25, -0.2) is 18.1 Å². The van der Waals surface area contributed by atoms with Crippen molar-refractivity contribution in [2.75, 3.05) is 25.5 Å². The van der Waals surface area contributed by atoms with Gasteiger partial charge in [-0.1, -0.05) is 6.92 Å². The maximum atomic E-state index is 12.3. The summed E-state index contributed by atoms with van der Waals surface area (Å²) in [6, 6.07) is 3.41. The first-order chi connectivity index (χ1) is 9.32. The molecule has 0 saturated heterocycles. The molecule has 0 radical (unpaired) electrons. The first-order valence-electron chi connectivity index (χ1n) is 6.56. The van der Waals surface area contributed by atoms with Crippen LogP contribution in [-0.4, -0.2) is 39.2 Å². The summed E-state index contributed by atoms with van der Waals surface area (Å²) in [5.41, 5.74) is -0.0594. The van der Waals surface area contributed by atoms with Crippen LogP contribution < -0.4 is 10.0 Å². The quantitative estimate of drug-likeness (QED) is 0.762. The van der Waals surface area contributed by atoms with E-state index in [0.29, 0.717) is 12.2 Å². The molecule has 1 aromatic rings. The maximum Gasteiger partial charge on any atom is 0.260 e. The molecular formula is C13H23N3O3S. The van der Waals surface area contributed by atoms with Crippen molar-refractivity contribution in [2.45, 2.75) is 37.8 Å². The molecule has 0 unspecified atom stereocenters. The Labute approximate surface area is 121 Å². The SMILES string of the molecule is CCCNc1cccnc1S(=O)(=O)NCC(C)(C)OC. The Morgan fingerprint density at radius 1 is 1.40 bits per heavy atom. The molecule has 114 valence electrons. The van der Waals surface area contributed by atoms with Gasteiger partial charge in [0.1, 0.15) is 0 Å². The molecule has 0 spiro atoms. The van der Waals surface area contributed by atoms with Crippen molar-refractivity contribution >= 4 is 15.7 Å². The molecule has 2 N–H and O–H groups in total. The molecule has 0 fully saturated rings. The van der Waals surface area contributed by atoms with Crippen LogP contribution in [0.15, 0.2) is 23.4 Å². The monoisotopic (exact) mass is 301 g/mol. The van der Waals surface area contributed by atoms with Crippen LogP contribution in [0.4, 0.5) is 5.69 Å². The smallest absolute Gasteiger partial charge is 0.260 e. The Balaban J connectivity index is 2.92. The topological polar surface area (TPSA) is 80.3 Å². The van der Waals surface area contributed by atoms with Crippen LogP contribution in [0.3, 0.4) is 0 Å². The minimum Gasteiger partial charge on any atom is -0.383 e. The van der Waals surface area contributed by atoms with Gasteiger partial charge in [-0.05, 0) is 32.4 Å². The van der Waals surface area contributed by atoms with Gasteiger partial charge >= 0.3 is 0 Å². The van der Waals surface area contributed by atoms with Crippen LogP contribution in [0.1, 0.15) is 27.2 Å². The average Bonchev–Trinajstić information content (AvgIpc) is 2.43. The minimum atomic E-state index is -3.67. The van der Waals surface area contributed by atoms with Gasteiger partial charge in [0, 0.05) is 26.4 Å². The van der Waals surface area contributed by atoms with Crippen molar-refractivity contribution in [1.82, 2.24) is 9.71 Å². The maximum absolute atomic E-state index is 12.3. The van der Waals surface area contributed by atoms with E-state index in [4.69, 9.17) is 4.74 Å². The summed E-state index contributed by atoms with van der Waals surface area (Å²) in [6.07, 6.45) is 2.37. The molecule has 1 aromatic heterocycles. The van der Waals surface area contributed by atoms with Gasteiger partial charge in [0.15, 0.2) is 5.03 Å². The van der Waals surface area contributed by atoms with Gasteiger partial charge in [0.25, 0.3) is 10.0 Å². The normalized spacial score (nSPS) is 12.4. The van der Waals surface area contributed by atoms with E-state index in [0.717, 1.165) is 6.42 Å². The number of methoxy groups -OCH3 is 1. The molecule has 20 heavy (non-hydrogen) atoms. The van der Waals surface area contributed by atoms with Gasteiger partial charge in [-0.15, -0.1) is 0 Å². The lowest BCUT2D eigenvalue weighted by Gasteiger charge is -2.23. The van der Waals surface area contributed by atoms with Crippen LogP contribution in [-0.2, 0) is 14.8 Å². The van der Waals surface area contributed by atoms with E-state index in [1.54, 1.807) is 19.2 Å². The number of sulfonamides is 1. The fraction of sp³-hybridized carbons (Fsp3) is 0.615. The molecule has 6 nitrogen and oxygen atoms in total. The van der Waals surface area contributed by atoms with Crippen molar-refractivity contribution in [2.24, 2.45) is 0 Å². The number of hydrogen-bond acceptors (Lipinski definition) is 5. The number of hydrogen-bond donors (Lipinski definition) is 2. The van der Waals surface area contributed by atoms with Crippen molar-refractivity contribution in [3.05, 3.63) is 18.3 Å². The average molecular weight is 301 g/mol. The summed E-state index contributed by atoms with van der Waals surface area (Å²) in [4.78, 5) is 3.98. The van der Waals surface area contributed by atoms with Crippen molar-refractivity contribution in [1.29, 1.82) is 0 Å². The van der Waals surface area contributed by atoms with E-state index in [1.165, 1.54) is 6.20 Å². The summed E-state index contributed by atoms with van der Waals surface area (Å²) >= 11 is 0. The van der Waals surface area contributed by atoms with Gasteiger partial charge < -0.3 is 10.1 Å². The summed E-state index contributed by atoms with van der Waals surface area (Å²) in [7, 11) is -2.12. The Morgan fingerprint density at radius 2 is 2.10 bits per heavy atom. The molecule has 0 aliphatic heterocycles. The van der Waals surface area contributed by atoms with Crippen LogP contribution in [0.2, 0.25) is 0 Å². The van der Waals surface area contributed by atoms with E-state index in [2.05, 4.69) is 15.0 Å². The lowest BCUT2D eigenvalue weighted by molar-refractivity contribution is 0.0276. The fourth-order valence-electron chi connectivity index (χ4n) is 1.41. The molecular weight excluding hydrogens is 278 g/mol. The highest BCUT2D eigenvalue weighted by Crippen LogP contribution is 2.18. The van der Waals surface area contributed by atoms with E-state index in [9.17, 15) is 8.42 Å². The highest BCUT2D eigenvalue weighted by Gasteiger charge is 2.24. The number of anilines is 1. The Kier molecular flexibility index (Phi) is 5.91. The molecule has 0 aliphatic carbocycles. The van der Waals surface area contributed by atoms with Crippen LogP contribution in [0.5, 0.6) is 0 Å². The molecule has 7 heteroatoms. The second kappa shape index (κ2) is 7.01. The number of rotatable bonds is 8. The van der Waals surface area contributed by atoms with Crippen molar-refractivity contribution in [3.63, 3.8) is 0 Å². The molecule has 0 bridgehead atoms. The molecule has 1 heterocycles.